The van der Waals surface area contributed by atoms with Gasteiger partial charge in [-0.25, -0.2) is 0 Å². The van der Waals surface area contributed by atoms with Crippen molar-refractivity contribution in [2.24, 2.45) is 0 Å². The first kappa shape index (κ1) is 13.4. The fourth-order valence-electron chi connectivity index (χ4n) is 1.33. The third-order valence-corrected chi connectivity index (χ3v) is 2.78. The lowest BCUT2D eigenvalue weighted by Gasteiger charge is -2.27. The van der Waals surface area contributed by atoms with Gasteiger partial charge < -0.3 is 10.4 Å². The Morgan fingerprint density at radius 2 is 2.06 bits per heavy atom. The third kappa shape index (κ3) is 3.42. The highest BCUT2D eigenvalue weighted by Gasteiger charge is 2.24. The van der Waals surface area contributed by atoms with Crippen LogP contribution in [0.15, 0.2) is 18.2 Å². The Bertz CT molecular complexity index is 424. The number of nitro groups is 1. The number of nitrogens with one attached hydrogen (secondary N) is 1. The van der Waals surface area contributed by atoms with Crippen molar-refractivity contribution in [1.29, 1.82) is 0 Å². The van der Waals surface area contributed by atoms with Gasteiger partial charge in [0.05, 0.1) is 16.6 Å². The van der Waals surface area contributed by atoms with E-state index in [9.17, 15) is 15.2 Å². The van der Waals surface area contributed by atoms with E-state index in [0.717, 1.165) is 5.56 Å². The van der Waals surface area contributed by atoms with Crippen LogP contribution in [0.3, 0.4) is 0 Å². The van der Waals surface area contributed by atoms with Crippen LogP contribution in [0.2, 0.25) is 0 Å². The minimum absolute atomic E-state index is 0.0201. The predicted molar refractivity (Wildman–Crippen MR) is 67.2 cm³/mol. The lowest BCUT2D eigenvalue weighted by molar-refractivity contribution is -0.384. The minimum Gasteiger partial charge on any atom is -0.388 e. The highest BCUT2D eigenvalue weighted by molar-refractivity contribution is 5.63. The first-order valence-corrected chi connectivity index (χ1v) is 5.46. The highest BCUT2D eigenvalue weighted by Crippen LogP contribution is 2.27. The Morgan fingerprint density at radius 3 is 2.53 bits per heavy atom. The molecule has 0 spiro atoms. The summed E-state index contributed by atoms with van der Waals surface area (Å²) in [6.45, 7) is 6.97. The third-order valence-electron chi connectivity index (χ3n) is 2.78. The van der Waals surface area contributed by atoms with Gasteiger partial charge in [-0.2, -0.15) is 0 Å². The molecule has 0 bridgehead atoms. The summed E-state index contributed by atoms with van der Waals surface area (Å²) in [7, 11) is 0. The number of aryl methyl sites for hydroxylation is 1. The zero-order valence-electron chi connectivity index (χ0n) is 10.5. The van der Waals surface area contributed by atoms with Crippen LogP contribution in [-0.4, -0.2) is 21.7 Å². The summed E-state index contributed by atoms with van der Waals surface area (Å²) in [6, 6.07) is 4.58. The van der Waals surface area contributed by atoms with E-state index in [1.54, 1.807) is 32.9 Å². The normalized spacial score (nSPS) is 13.2. The fourth-order valence-corrected chi connectivity index (χ4v) is 1.33. The molecule has 0 aliphatic rings. The van der Waals surface area contributed by atoms with Crippen molar-refractivity contribution in [2.75, 3.05) is 5.32 Å². The monoisotopic (exact) mass is 238 g/mol. The van der Waals surface area contributed by atoms with Gasteiger partial charge in [-0.15, -0.1) is 0 Å². The molecule has 94 valence electrons. The minimum atomic E-state index is -0.947. The van der Waals surface area contributed by atoms with Crippen molar-refractivity contribution in [3.8, 4) is 0 Å². The number of aliphatic hydroxyl groups is 1. The Morgan fingerprint density at radius 1 is 1.47 bits per heavy atom. The van der Waals surface area contributed by atoms with Gasteiger partial charge >= 0.3 is 0 Å². The Kier molecular flexibility index (Phi) is 3.72. The molecule has 5 heteroatoms. The van der Waals surface area contributed by atoms with E-state index in [4.69, 9.17) is 0 Å². The summed E-state index contributed by atoms with van der Waals surface area (Å²) in [5.41, 5.74) is 0.440. The molecule has 1 rings (SSSR count). The van der Waals surface area contributed by atoms with Crippen LogP contribution in [-0.2, 0) is 0 Å². The number of nitro benzene ring substituents is 1. The number of hydrogen-bond acceptors (Lipinski definition) is 4. The standard InChI is InChI=1S/C12H18N2O3/c1-8-5-6-11(14(16)17)10(7-8)13-9(2)12(3,4)15/h5-7,9,13,15H,1-4H3. The van der Waals surface area contributed by atoms with Crippen LogP contribution in [0.5, 0.6) is 0 Å². The molecule has 1 aromatic rings. The van der Waals surface area contributed by atoms with Crippen molar-refractivity contribution < 1.29 is 10.0 Å². The van der Waals surface area contributed by atoms with Crippen LogP contribution in [0.4, 0.5) is 11.4 Å². The second-order valence-corrected chi connectivity index (χ2v) is 4.80. The molecule has 1 atom stereocenters. The molecule has 0 saturated carbocycles. The van der Waals surface area contributed by atoms with Crippen LogP contribution >= 0.6 is 0 Å². The highest BCUT2D eigenvalue weighted by atomic mass is 16.6. The molecule has 0 aromatic heterocycles. The summed E-state index contributed by atoms with van der Waals surface area (Å²) in [5, 5.41) is 23.7. The van der Waals surface area contributed by atoms with Crippen molar-refractivity contribution in [3.63, 3.8) is 0 Å². The summed E-state index contributed by atoms with van der Waals surface area (Å²) in [5.74, 6) is 0. The molecule has 1 unspecified atom stereocenters. The largest absolute Gasteiger partial charge is 0.388 e. The maximum Gasteiger partial charge on any atom is 0.292 e. The van der Waals surface area contributed by atoms with E-state index in [2.05, 4.69) is 5.32 Å². The average Bonchev–Trinajstić information content (AvgIpc) is 2.15. The average molecular weight is 238 g/mol. The summed E-state index contributed by atoms with van der Waals surface area (Å²) >= 11 is 0. The molecule has 5 nitrogen and oxygen atoms in total. The molecule has 0 heterocycles. The van der Waals surface area contributed by atoms with Gasteiger partial charge in [0.15, 0.2) is 0 Å². The van der Waals surface area contributed by atoms with Crippen LogP contribution in [0.1, 0.15) is 26.3 Å². The molecule has 17 heavy (non-hydrogen) atoms. The zero-order chi connectivity index (χ0) is 13.2. The van der Waals surface area contributed by atoms with Gasteiger partial charge in [0.25, 0.3) is 5.69 Å². The van der Waals surface area contributed by atoms with Gasteiger partial charge in [-0.3, -0.25) is 10.1 Å². The Hall–Kier alpha value is -1.62. The Labute approximate surface area is 101 Å². The second kappa shape index (κ2) is 4.71. The molecule has 0 saturated heterocycles. The molecular weight excluding hydrogens is 220 g/mol. The van der Waals surface area contributed by atoms with Gasteiger partial charge in [0.1, 0.15) is 5.69 Å². The SMILES string of the molecule is Cc1ccc([N+](=O)[O-])c(NC(C)C(C)(C)O)c1. The number of hydrogen-bond donors (Lipinski definition) is 2. The van der Waals surface area contributed by atoms with E-state index in [1.165, 1.54) is 6.07 Å². The number of anilines is 1. The number of benzene rings is 1. The van der Waals surface area contributed by atoms with Gasteiger partial charge in [-0.1, -0.05) is 6.07 Å². The van der Waals surface area contributed by atoms with Crippen molar-refractivity contribution >= 4 is 11.4 Å². The van der Waals surface area contributed by atoms with E-state index in [0.29, 0.717) is 5.69 Å². The van der Waals surface area contributed by atoms with Crippen LogP contribution in [0.25, 0.3) is 0 Å². The molecular formula is C12H18N2O3. The number of nitrogens with zero attached hydrogens (tertiary/aromatic N) is 1. The summed E-state index contributed by atoms with van der Waals surface area (Å²) < 4.78 is 0. The van der Waals surface area contributed by atoms with Crippen molar-refractivity contribution in [3.05, 3.63) is 33.9 Å². The van der Waals surface area contributed by atoms with Gasteiger partial charge in [-0.05, 0) is 39.3 Å². The fraction of sp³-hybridized carbons (Fsp3) is 0.500. The maximum absolute atomic E-state index is 10.9. The van der Waals surface area contributed by atoms with E-state index < -0.39 is 10.5 Å². The van der Waals surface area contributed by atoms with Gasteiger partial charge in [0, 0.05) is 6.07 Å². The summed E-state index contributed by atoms with van der Waals surface area (Å²) in [4.78, 5) is 10.4. The molecule has 0 amide bonds. The van der Waals surface area contributed by atoms with Gasteiger partial charge in [0.2, 0.25) is 0 Å². The van der Waals surface area contributed by atoms with Crippen molar-refractivity contribution in [1.82, 2.24) is 0 Å². The van der Waals surface area contributed by atoms with Crippen LogP contribution in [0, 0.1) is 17.0 Å². The quantitative estimate of drug-likeness (QED) is 0.624. The molecule has 0 radical (unpaired) electrons. The van der Waals surface area contributed by atoms with E-state index in [1.807, 2.05) is 6.92 Å². The lowest BCUT2D eigenvalue weighted by atomic mass is 10.0. The topological polar surface area (TPSA) is 75.4 Å². The Balaban J connectivity index is 3.04. The molecule has 0 fully saturated rings. The first-order valence-electron chi connectivity index (χ1n) is 5.46. The van der Waals surface area contributed by atoms with E-state index >= 15 is 0 Å². The van der Waals surface area contributed by atoms with E-state index in [-0.39, 0.29) is 11.7 Å². The molecule has 0 aliphatic heterocycles. The van der Waals surface area contributed by atoms with Crippen LogP contribution < -0.4 is 5.32 Å². The second-order valence-electron chi connectivity index (χ2n) is 4.80. The maximum atomic E-state index is 10.9. The summed E-state index contributed by atoms with van der Waals surface area (Å²) in [6.07, 6.45) is 0. The molecule has 2 N–H and O–H groups in total. The predicted octanol–water partition coefficient (Wildman–Crippen LogP) is 2.47. The zero-order valence-corrected chi connectivity index (χ0v) is 10.5. The van der Waals surface area contributed by atoms with Crippen molar-refractivity contribution in [2.45, 2.75) is 39.3 Å². The molecule has 1 aromatic carbocycles. The first-order chi connectivity index (χ1) is 7.71. The lowest BCUT2D eigenvalue weighted by Crippen LogP contribution is -2.39. The number of rotatable bonds is 4. The smallest absolute Gasteiger partial charge is 0.292 e. The molecule has 0 aliphatic carbocycles.